The molecule has 0 atom stereocenters. The lowest BCUT2D eigenvalue weighted by Gasteiger charge is -2.31. The van der Waals surface area contributed by atoms with Gasteiger partial charge in [-0.05, 0) is 25.0 Å². The number of aliphatic carboxylic acids is 1. The summed E-state index contributed by atoms with van der Waals surface area (Å²) >= 11 is 0. The molecule has 2 aromatic heterocycles. The van der Waals surface area contributed by atoms with E-state index in [2.05, 4.69) is 4.98 Å². The Labute approximate surface area is 144 Å². The van der Waals surface area contributed by atoms with Gasteiger partial charge >= 0.3 is 5.97 Å². The van der Waals surface area contributed by atoms with Gasteiger partial charge in [0, 0.05) is 38.7 Å². The molecule has 2 amide bonds. The third-order valence-corrected chi connectivity index (χ3v) is 4.55. The van der Waals surface area contributed by atoms with Gasteiger partial charge in [-0.15, -0.1) is 0 Å². The summed E-state index contributed by atoms with van der Waals surface area (Å²) in [6.45, 7) is 0.802. The van der Waals surface area contributed by atoms with E-state index in [9.17, 15) is 14.4 Å². The summed E-state index contributed by atoms with van der Waals surface area (Å²) in [6.07, 6.45) is 6.00. The maximum atomic E-state index is 12.5. The zero-order valence-electron chi connectivity index (χ0n) is 14.0. The van der Waals surface area contributed by atoms with Crippen molar-refractivity contribution in [3.63, 3.8) is 0 Å². The van der Waals surface area contributed by atoms with Crippen LogP contribution >= 0.6 is 0 Å². The molecule has 0 bridgehead atoms. The number of carboxylic acid groups (broad SMARTS) is 1. The highest BCUT2D eigenvalue weighted by Crippen LogP contribution is 2.17. The summed E-state index contributed by atoms with van der Waals surface area (Å²) in [7, 11) is 1.59. The molecular formula is C17H20N4O4. The highest BCUT2D eigenvalue weighted by molar-refractivity contribution is 5.96. The highest BCUT2D eigenvalue weighted by atomic mass is 16.4. The van der Waals surface area contributed by atoms with Gasteiger partial charge in [-0.25, -0.2) is 4.98 Å². The zero-order chi connectivity index (χ0) is 18.0. The van der Waals surface area contributed by atoms with Gasteiger partial charge in [0.25, 0.3) is 5.91 Å². The van der Waals surface area contributed by atoms with E-state index in [0.29, 0.717) is 31.5 Å². The monoisotopic (exact) mass is 344 g/mol. The first kappa shape index (κ1) is 16.9. The second-order valence-electron chi connectivity index (χ2n) is 6.26. The van der Waals surface area contributed by atoms with E-state index in [1.54, 1.807) is 47.1 Å². The summed E-state index contributed by atoms with van der Waals surface area (Å²) in [5.41, 5.74) is 1.22. The summed E-state index contributed by atoms with van der Waals surface area (Å²) in [6, 6.07) is 3.43. The normalized spacial score (nSPS) is 15.3. The molecule has 1 aliphatic rings. The smallest absolute Gasteiger partial charge is 0.306 e. The molecule has 0 saturated carbocycles. The van der Waals surface area contributed by atoms with Crippen molar-refractivity contribution in [2.75, 3.05) is 26.7 Å². The number of carbonyl (C=O) groups is 3. The predicted octanol–water partition coefficient (Wildman–Crippen LogP) is 0.729. The molecule has 1 saturated heterocycles. The first-order valence-electron chi connectivity index (χ1n) is 8.14. The molecule has 0 spiro atoms. The minimum atomic E-state index is -0.811. The number of hydrogen-bond acceptors (Lipinski definition) is 4. The number of amides is 2. The fraction of sp³-hybridized carbons (Fsp3) is 0.412. The topological polar surface area (TPSA) is 95.2 Å². The third-order valence-electron chi connectivity index (χ3n) is 4.55. The molecule has 0 aliphatic carbocycles. The van der Waals surface area contributed by atoms with Crippen molar-refractivity contribution in [2.45, 2.75) is 12.8 Å². The van der Waals surface area contributed by atoms with Crippen LogP contribution in [0.3, 0.4) is 0 Å². The second kappa shape index (κ2) is 6.92. The number of nitrogens with zero attached hydrogens (tertiary/aromatic N) is 4. The van der Waals surface area contributed by atoms with E-state index >= 15 is 0 Å². The van der Waals surface area contributed by atoms with Crippen molar-refractivity contribution in [2.24, 2.45) is 5.92 Å². The van der Waals surface area contributed by atoms with Crippen molar-refractivity contribution >= 4 is 23.4 Å². The molecule has 25 heavy (non-hydrogen) atoms. The van der Waals surface area contributed by atoms with Crippen LogP contribution < -0.4 is 0 Å². The highest BCUT2D eigenvalue weighted by Gasteiger charge is 2.28. The van der Waals surface area contributed by atoms with E-state index in [0.717, 1.165) is 5.65 Å². The molecule has 3 rings (SSSR count). The molecule has 8 heteroatoms. The first-order chi connectivity index (χ1) is 12.0. The Hall–Kier alpha value is -2.90. The van der Waals surface area contributed by atoms with Gasteiger partial charge in [0.1, 0.15) is 5.65 Å². The Morgan fingerprint density at radius 1 is 1.28 bits per heavy atom. The van der Waals surface area contributed by atoms with Crippen LogP contribution in [0.5, 0.6) is 0 Å². The Balaban J connectivity index is 1.59. The van der Waals surface area contributed by atoms with Gasteiger partial charge in [0.15, 0.2) is 0 Å². The molecule has 8 nitrogen and oxygen atoms in total. The van der Waals surface area contributed by atoms with E-state index in [-0.39, 0.29) is 24.3 Å². The first-order valence-corrected chi connectivity index (χ1v) is 8.14. The van der Waals surface area contributed by atoms with E-state index in [4.69, 9.17) is 5.11 Å². The number of aromatic nitrogens is 2. The fourth-order valence-corrected chi connectivity index (χ4v) is 3.02. The lowest BCUT2D eigenvalue weighted by molar-refractivity contribution is -0.145. The Kier molecular flexibility index (Phi) is 4.69. The van der Waals surface area contributed by atoms with E-state index in [1.165, 1.54) is 4.90 Å². The van der Waals surface area contributed by atoms with Gasteiger partial charge in [-0.2, -0.15) is 0 Å². The van der Waals surface area contributed by atoms with Crippen LogP contribution in [-0.2, 0) is 9.59 Å². The predicted molar refractivity (Wildman–Crippen MR) is 89.1 cm³/mol. The summed E-state index contributed by atoms with van der Waals surface area (Å²) < 4.78 is 1.75. The summed E-state index contributed by atoms with van der Waals surface area (Å²) in [4.78, 5) is 43.0. The van der Waals surface area contributed by atoms with Crippen LogP contribution in [0.2, 0.25) is 0 Å². The van der Waals surface area contributed by atoms with Crippen molar-refractivity contribution in [1.29, 1.82) is 0 Å². The van der Waals surface area contributed by atoms with Gasteiger partial charge in [-0.1, -0.05) is 0 Å². The lowest BCUT2D eigenvalue weighted by atomic mass is 9.97. The van der Waals surface area contributed by atoms with Crippen LogP contribution in [0.15, 0.2) is 30.7 Å². The molecule has 0 radical (unpaired) electrons. The zero-order valence-corrected chi connectivity index (χ0v) is 14.0. The molecule has 2 aromatic rings. The van der Waals surface area contributed by atoms with Crippen LogP contribution in [0, 0.1) is 5.92 Å². The molecule has 132 valence electrons. The number of fused-ring (bicyclic) bond motifs is 1. The minimum absolute atomic E-state index is 0.0292. The summed E-state index contributed by atoms with van der Waals surface area (Å²) in [5.74, 6) is -1.60. The van der Waals surface area contributed by atoms with Gasteiger partial charge in [0.05, 0.1) is 18.0 Å². The average molecular weight is 344 g/mol. The number of rotatable bonds is 4. The van der Waals surface area contributed by atoms with Crippen molar-refractivity contribution < 1.29 is 19.5 Å². The van der Waals surface area contributed by atoms with Crippen LogP contribution in [0.4, 0.5) is 0 Å². The SMILES string of the molecule is CN(CC(=O)N1CCC(C(=O)O)CC1)C(=O)c1ccc2nccn2c1. The maximum absolute atomic E-state index is 12.5. The Morgan fingerprint density at radius 2 is 2.00 bits per heavy atom. The Bertz CT molecular complexity index is 808. The number of carboxylic acids is 1. The molecule has 0 unspecified atom stereocenters. The molecule has 1 N–H and O–H groups in total. The van der Waals surface area contributed by atoms with Gasteiger partial charge < -0.3 is 19.3 Å². The summed E-state index contributed by atoms with van der Waals surface area (Å²) in [5, 5.41) is 9.00. The largest absolute Gasteiger partial charge is 0.481 e. The van der Waals surface area contributed by atoms with Gasteiger partial charge in [0.2, 0.25) is 5.91 Å². The molecule has 3 heterocycles. The number of piperidine rings is 1. The quantitative estimate of drug-likeness (QED) is 0.882. The number of likely N-dealkylation sites (tertiary alicyclic amines) is 1. The second-order valence-corrected chi connectivity index (χ2v) is 6.26. The molecule has 1 aliphatic heterocycles. The standard InChI is InChI=1S/C17H20N4O4/c1-19(11-15(22)20-7-4-12(5-8-20)17(24)25)16(23)13-2-3-14-18-6-9-21(14)10-13/h2-3,6,9-10,12H,4-5,7-8,11H2,1H3,(H,24,25). The number of imidazole rings is 1. The molecular weight excluding hydrogens is 324 g/mol. The van der Waals surface area contributed by atoms with E-state index in [1.807, 2.05) is 0 Å². The Morgan fingerprint density at radius 3 is 2.68 bits per heavy atom. The number of likely N-dealkylation sites (N-methyl/N-ethyl adjacent to an activating group) is 1. The van der Waals surface area contributed by atoms with Crippen molar-refractivity contribution in [1.82, 2.24) is 19.2 Å². The van der Waals surface area contributed by atoms with E-state index < -0.39 is 5.97 Å². The van der Waals surface area contributed by atoms with Crippen LogP contribution in [-0.4, -0.2) is 68.8 Å². The lowest BCUT2D eigenvalue weighted by Crippen LogP contribution is -2.45. The van der Waals surface area contributed by atoms with Crippen LogP contribution in [0.1, 0.15) is 23.2 Å². The number of carbonyl (C=O) groups excluding carboxylic acids is 2. The number of hydrogen-bond donors (Lipinski definition) is 1. The van der Waals surface area contributed by atoms with Crippen molar-refractivity contribution in [3.05, 3.63) is 36.3 Å². The fourth-order valence-electron chi connectivity index (χ4n) is 3.02. The molecule has 0 aromatic carbocycles. The van der Waals surface area contributed by atoms with Crippen molar-refractivity contribution in [3.8, 4) is 0 Å². The minimum Gasteiger partial charge on any atom is -0.481 e. The maximum Gasteiger partial charge on any atom is 0.306 e. The van der Waals surface area contributed by atoms with Crippen LogP contribution in [0.25, 0.3) is 5.65 Å². The third kappa shape index (κ3) is 3.62. The number of pyridine rings is 1. The van der Waals surface area contributed by atoms with Gasteiger partial charge in [-0.3, -0.25) is 14.4 Å². The molecule has 1 fully saturated rings. The average Bonchev–Trinajstić information content (AvgIpc) is 3.08.